The Labute approximate surface area is 203 Å². The minimum absolute atomic E-state index is 0.0120. The van der Waals surface area contributed by atoms with E-state index in [1.165, 1.54) is 31.4 Å². The summed E-state index contributed by atoms with van der Waals surface area (Å²) < 4.78 is 53.6. The number of nitrogens with one attached hydrogen (secondary N) is 1. The van der Waals surface area contributed by atoms with Crippen molar-refractivity contribution in [1.82, 2.24) is 9.97 Å². The average Bonchev–Trinajstić information content (AvgIpc) is 2.85. The van der Waals surface area contributed by atoms with Crippen LogP contribution >= 0.6 is 0 Å². The molecule has 180 valence electrons. The van der Waals surface area contributed by atoms with E-state index in [1.54, 1.807) is 30.3 Å². The van der Waals surface area contributed by atoms with Crippen molar-refractivity contribution >= 4 is 16.0 Å². The van der Waals surface area contributed by atoms with Gasteiger partial charge in [0.25, 0.3) is 10.0 Å². The first-order chi connectivity index (χ1) is 16.8. The van der Waals surface area contributed by atoms with E-state index in [9.17, 15) is 12.8 Å². The second kappa shape index (κ2) is 10.1. The van der Waals surface area contributed by atoms with Gasteiger partial charge in [0, 0.05) is 17.7 Å². The number of hydrogen-bond acceptors (Lipinski definition) is 6. The molecule has 9 heteroatoms. The zero-order valence-electron chi connectivity index (χ0n) is 19.4. The first-order valence-electron chi connectivity index (χ1n) is 10.8. The van der Waals surface area contributed by atoms with Crippen molar-refractivity contribution in [1.29, 1.82) is 0 Å². The highest BCUT2D eigenvalue weighted by molar-refractivity contribution is 7.92. The molecule has 35 heavy (non-hydrogen) atoms. The van der Waals surface area contributed by atoms with Gasteiger partial charge in [0.05, 0.1) is 17.7 Å². The molecule has 3 aromatic carbocycles. The van der Waals surface area contributed by atoms with E-state index in [0.29, 0.717) is 11.4 Å². The minimum Gasteiger partial charge on any atom is -0.497 e. The molecule has 0 saturated heterocycles. The second-order valence-corrected chi connectivity index (χ2v) is 9.66. The number of aromatic nitrogens is 2. The highest BCUT2D eigenvalue weighted by Gasteiger charge is 2.20. The third kappa shape index (κ3) is 5.58. The molecule has 0 aliphatic heterocycles. The third-order valence-electron chi connectivity index (χ3n) is 5.19. The fourth-order valence-electron chi connectivity index (χ4n) is 3.48. The number of hydrogen-bond donors (Lipinski definition) is 1. The molecule has 1 heterocycles. The second-order valence-electron chi connectivity index (χ2n) is 7.97. The van der Waals surface area contributed by atoms with E-state index in [1.807, 2.05) is 38.1 Å². The number of rotatable bonds is 8. The van der Waals surface area contributed by atoms with Crippen LogP contribution in [-0.2, 0) is 10.0 Å². The Kier molecular flexibility index (Phi) is 6.97. The zero-order chi connectivity index (χ0) is 25.0. The van der Waals surface area contributed by atoms with E-state index in [2.05, 4.69) is 14.7 Å². The number of halogens is 1. The summed E-state index contributed by atoms with van der Waals surface area (Å²) in [4.78, 5) is 8.64. The highest BCUT2D eigenvalue weighted by atomic mass is 32.2. The Morgan fingerprint density at radius 1 is 0.914 bits per heavy atom. The molecule has 1 N–H and O–H groups in total. The molecule has 0 saturated carbocycles. The number of sulfonamides is 1. The van der Waals surface area contributed by atoms with Crippen molar-refractivity contribution in [2.75, 3.05) is 11.8 Å². The molecule has 7 nitrogen and oxygen atoms in total. The number of ether oxygens (including phenoxy) is 2. The molecule has 0 radical (unpaired) electrons. The van der Waals surface area contributed by atoms with Crippen molar-refractivity contribution in [3.8, 4) is 28.6 Å². The van der Waals surface area contributed by atoms with Crippen LogP contribution in [0.25, 0.3) is 11.3 Å². The van der Waals surface area contributed by atoms with Crippen molar-refractivity contribution < 1.29 is 22.3 Å². The molecule has 0 spiro atoms. The Balaban J connectivity index is 1.80. The first kappa shape index (κ1) is 24.2. The lowest BCUT2D eigenvalue weighted by atomic mass is 9.95. The highest BCUT2D eigenvalue weighted by Crippen LogP contribution is 2.32. The largest absolute Gasteiger partial charge is 0.497 e. The summed E-state index contributed by atoms with van der Waals surface area (Å²) in [7, 11) is -2.61. The first-order valence-corrected chi connectivity index (χ1v) is 12.3. The monoisotopic (exact) mass is 493 g/mol. The van der Waals surface area contributed by atoms with Gasteiger partial charge in [0.15, 0.2) is 11.6 Å². The molecule has 4 aromatic rings. The summed E-state index contributed by atoms with van der Waals surface area (Å²) in [6.07, 6.45) is 0. The molecule has 0 amide bonds. The van der Waals surface area contributed by atoms with Crippen LogP contribution in [0.2, 0.25) is 0 Å². The molecule has 4 rings (SSSR count). The lowest BCUT2D eigenvalue weighted by Crippen LogP contribution is -2.15. The molecule has 0 aliphatic rings. The summed E-state index contributed by atoms with van der Waals surface area (Å²) >= 11 is 0. The fourth-order valence-corrected chi connectivity index (χ4v) is 4.46. The lowest BCUT2D eigenvalue weighted by Gasteiger charge is -2.15. The standard InChI is InChI=1S/C26H24FN3O4S/c1-17(2)20-11-4-5-12-21(20)23-16-25(34-24-14-7-6-13-22(24)27)29-26(28-23)30-35(31,32)19-10-8-9-18(15-19)33-3/h4-17H,1-3H3,(H,28,29,30). The van der Waals surface area contributed by atoms with Gasteiger partial charge in [-0.2, -0.15) is 4.98 Å². The smallest absolute Gasteiger partial charge is 0.264 e. The van der Waals surface area contributed by atoms with Gasteiger partial charge in [0.2, 0.25) is 11.8 Å². The van der Waals surface area contributed by atoms with E-state index in [-0.39, 0.29) is 28.4 Å². The van der Waals surface area contributed by atoms with Gasteiger partial charge in [-0.3, -0.25) is 0 Å². The van der Waals surface area contributed by atoms with Gasteiger partial charge in [-0.05, 0) is 35.7 Å². The van der Waals surface area contributed by atoms with Gasteiger partial charge in [-0.25, -0.2) is 22.5 Å². The minimum atomic E-state index is -4.05. The maximum Gasteiger partial charge on any atom is 0.264 e. The number of anilines is 1. The van der Waals surface area contributed by atoms with Crippen LogP contribution in [0, 0.1) is 5.82 Å². The molecule has 0 aliphatic carbocycles. The topological polar surface area (TPSA) is 90.4 Å². The van der Waals surface area contributed by atoms with Gasteiger partial charge < -0.3 is 9.47 Å². The Hall–Kier alpha value is -3.98. The molecule has 0 unspecified atom stereocenters. The molecule has 1 aromatic heterocycles. The molecular formula is C26H24FN3O4S. The number of nitrogens with zero attached hydrogens (tertiary/aromatic N) is 2. The number of benzene rings is 3. The lowest BCUT2D eigenvalue weighted by molar-refractivity contribution is 0.413. The van der Waals surface area contributed by atoms with Gasteiger partial charge in [0.1, 0.15) is 5.75 Å². The number of methoxy groups -OCH3 is 1. The van der Waals surface area contributed by atoms with E-state index in [0.717, 1.165) is 11.1 Å². The Morgan fingerprint density at radius 3 is 2.40 bits per heavy atom. The van der Waals surface area contributed by atoms with Crippen molar-refractivity contribution in [3.05, 3.63) is 90.2 Å². The summed E-state index contributed by atoms with van der Waals surface area (Å²) in [5, 5.41) is 0. The average molecular weight is 494 g/mol. The number of para-hydroxylation sites is 1. The maximum atomic E-state index is 14.2. The third-order valence-corrected chi connectivity index (χ3v) is 6.52. The maximum absolute atomic E-state index is 14.2. The molecule has 0 fully saturated rings. The summed E-state index contributed by atoms with van der Waals surface area (Å²) in [5.41, 5.74) is 2.22. The van der Waals surface area contributed by atoms with Crippen molar-refractivity contribution in [2.24, 2.45) is 0 Å². The summed E-state index contributed by atoms with van der Waals surface area (Å²) in [6.45, 7) is 4.09. The summed E-state index contributed by atoms with van der Waals surface area (Å²) in [6, 6.07) is 21.1. The van der Waals surface area contributed by atoms with Crippen LogP contribution in [0.3, 0.4) is 0 Å². The van der Waals surface area contributed by atoms with Crippen LogP contribution in [0.4, 0.5) is 10.3 Å². The van der Waals surface area contributed by atoms with Crippen molar-refractivity contribution in [2.45, 2.75) is 24.7 Å². The van der Waals surface area contributed by atoms with Gasteiger partial charge in [-0.1, -0.05) is 56.3 Å². The Bertz CT molecular complexity index is 1460. The van der Waals surface area contributed by atoms with Crippen molar-refractivity contribution in [3.63, 3.8) is 0 Å². The van der Waals surface area contributed by atoms with Crippen LogP contribution in [0.5, 0.6) is 17.4 Å². The predicted octanol–water partition coefficient (Wildman–Crippen LogP) is 6.01. The van der Waals surface area contributed by atoms with E-state index < -0.39 is 15.8 Å². The van der Waals surface area contributed by atoms with Gasteiger partial charge in [-0.15, -0.1) is 0 Å². The Morgan fingerprint density at radius 2 is 1.66 bits per heavy atom. The van der Waals surface area contributed by atoms with Gasteiger partial charge >= 0.3 is 0 Å². The van der Waals surface area contributed by atoms with Crippen LogP contribution in [-0.4, -0.2) is 25.5 Å². The quantitative estimate of drug-likeness (QED) is 0.323. The van der Waals surface area contributed by atoms with E-state index >= 15 is 0 Å². The van der Waals surface area contributed by atoms with E-state index in [4.69, 9.17) is 9.47 Å². The fraction of sp³-hybridized carbons (Fsp3) is 0.154. The summed E-state index contributed by atoms with van der Waals surface area (Å²) in [5.74, 6) is -0.284. The normalized spacial score (nSPS) is 11.3. The molecule has 0 atom stereocenters. The van der Waals surface area contributed by atoms with Crippen LogP contribution in [0.15, 0.2) is 83.8 Å². The zero-order valence-corrected chi connectivity index (χ0v) is 20.2. The van der Waals surface area contributed by atoms with Crippen LogP contribution < -0.4 is 14.2 Å². The molecule has 0 bridgehead atoms. The molecular weight excluding hydrogens is 469 g/mol. The van der Waals surface area contributed by atoms with Crippen LogP contribution in [0.1, 0.15) is 25.3 Å². The predicted molar refractivity (Wildman–Crippen MR) is 132 cm³/mol. The SMILES string of the molecule is COc1cccc(S(=O)(=O)Nc2nc(Oc3ccccc3F)cc(-c3ccccc3C(C)C)n2)c1.